The largest absolute Gasteiger partial charge is 0.396 e. The lowest BCUT2D eigenvalue weighted by Crippen LogP contribution is -2.29. The zero-order valence-corrected chi connectivity index (χ0v) is 13.3. The number of hydrogen-bond donors (Lipinski definition) is 2. The number of nitrogens with one attached hydrogen (secondary N) is 1. The van der Waals surface area contributed by atoms with Gasteiger partial charge in [0.15, 0.2) is 0 Å². The van der Waals surface area contributed by atoms with Crippen LogP contribution in [0.3, 0.4) is 0 Å². The Hall–Kier alpha value is -1.23. The van der Waals surface area contributed by atoms with Crippen LogP contribution >= 0.6 is 11.3 Å². The molecule has 0 aliphatic rings. The average molecular weight is 307 g/mol. The highest BCUT2D eigenvalue weighted by Crippen LogP contribution is 2.28. The van der Waals surface area contributed by atoms with E-state index >= 15 is 0 Å². The number of thiophene rings is 1. The minimum atomic E-state index is -0.179. The number of aliphatic hydroxyl groups excluding tert-OH is 1. The van der Waals surface area contributed by atoms with Crippen molar-refractivity contribution in [1.82, 2.24) is 5.32 Å². The van der Waals surface area contributed by atoms with Crippen LogP contribution in [0.4, 0.5) is 4.39 Å². The molecule has 21 heavy (non-hydrogen) atoms. The maximum atomic E-state index is 13.9. The molecule has 2 rings (SSSR count). The first-order chi connectivity index (χ1) is 10.0. The molecule has 0 saturated heterocycles. The van der Waals surface area contributed by atoms with Gasteiger partial charge in [-0.15, -0.1) is 11.3 Å². The Bertz CT molecular complexity index is 566. The summed E-state index contributed by atoms with van der Waals surface area (Å²) in [5.74, 6) is -0.179. The van der Waals surface area contributed by atoms with E-state index in [2.05, 4.69) is 19.2 Å². The van der Waals surface area contributed by atoms with Gasteiger partial charge in [-0.1, -0.05) is 26.0 Å². The van der Waals surface area contributed by atoms with Gasteiger partial charge in [0.1, 0.15) is 5.82 Å². The van der Waals surface area contributed by atoms with Crippen molar-refractivity contribution in [2.75, 3.05) is 13.2 Å². The van der Waals surface area contributed by atoms with Crippen LogP contribution in [0.25, 0.3) is 10.4 Å². The van der Waals surface area contributed by atoms with Crippen molar-refractivity contribution in [3.05, 3.63) is 47.1 Å². The molecular weight excluding hydrogens is 285 g/mol. The van der Waals surface area contributed by atoms with Crippen LogP contribution in [-0.2, 0) is 6.54 Å². The van der Waals surface area contributed by atoms with Crippen molar-refractivity contribution in [3.63, 3.8) is 0 Å². The summed E-state index contributed by atoms with van der Waals surface area (Å²) in [5, 5.41) is 14.4. The van der Waals surface area contributed by atoms with Crippen molar-refractivity contribution >= 4 is 11.3 Å². The van der Waals surface area contributed by atoms with Gasteiger partial charge < -0.3 is 10.4 Å². The van der Waals surface area contributed by atoms with E-state index in [1.807, 2.05) is 29.6 Å². The van der Waals surface area contributed by atoms with Crippen molar-refractivity contribution in [2.45, 2.75) is 26.8 Å². The van der Waals surface area contributed by atoms with Gasteiger partial charge in [0, 0.05) is 30.1 Å². The van der Waals surface area contributed by atoms with E-state index in [0.717, 1.165) is 23.4 Å². The Morgan fingerprint density at radius 1 is 1.29 bits per heavy atom. The summed E-state index contributed by atoms with van der Waals surface area (Å²) in [7, 11) is 0. The van der Waals surface area contributed by atoms with Gasteiger partial charge in [0.2, 0.25) is 0 Å². The molecule has 2 nitrogen and oxygen atoms in total. The molecule has 1 aromatic carbocycles. The molecule has 0 unspecified atom stereocenters. The number of aliphatic hydroxyl groups is 1. The monoisotopic (exact) mass is 307 g/mol. The van der Waals surface area contributed by atoms with Crippen LogP contribution in [0.15, 0.2) is 35.7 Å². The van der Waals surface area contributed by atoms with Crippen molar-refractivity contribution in [3.8, 4) is 10.4 Å². The van der Waals surface area contributed by atoms with Crippen LogP contribution in [0, 0.1) is 11.2 Å². The fourth-order valence-corrected chi connectivity index (χ4v) is 2.98. The number of rotatable bonds is 7. The first-order valence-corrected chi connectivity index (χ1v) is 8.04. The smallest absolute Gasteiger partial charge is 0.131 e. The number of benzene rings is 1. The summed E-state index contributed by atoms with van der Waals surface area (Å²) in [6, 6.07) is 9.13. The number of hydrogen-bond acceptors (Lipinski definition) is 3. The van der Waals surface area contributed by atoms with E-state index in [1.54, 1.807) is 11.3 Å². The van der Waals surface area contributed by atoms with E-state index in [4.69, 9.17) is 5.11 Å². The Kier molecular flexibility index (Phi) is 5.51. The third-order valence-corrected chi connectivity index (χ3v) is 4.44. The van der Waals surface area contributed by atoms with E-state index in [0.29, 0.717) is 12.1 Å². The lowest BCUT2D eigenvalue weighted by atomic mass is 9.90. The number of halogens is 1. The Morgan fingerprint density at radius 2 is 2.10 bits per heavy atom. The molecule has 1 aromatic heterocycles. The second kappa shape index (κ2) is 7.16. The van der Waals surface area contributed by atoms with E-state index in [1.165, 1.54) is 6.07 Å². The molecule has 0 atom stereocenters. The predicted molar refractivity (Wildman–Crippen MR) is 86.9 cm³/mol. The lowest BCUT2D eigenvalue weighted by molar-refractivity contribution is 0.207. The standard InChI is InChI=1S/C17H22FNOS/c1-17(2,7-8-20)12-19-11-13-5-6-15(18)14(10-13)16-4-3-9-21-16/h3-6,9-10,19-20H,7-8,11-12H2,1-2H3. The molecule has 0 saturated carbocycles. The molecule has 0 bridgehead atoms. The van der Waals surface area contributed by atoms with Crippen LogP contribution in [0.1, 0.15) is 25.8 Å². The second-order valence-corrected chi connectivity index (χ2v) is 6.98. The highest BCUT2D eigenvalue weighted by molar-refractivity contribution is 7.13. The fourth-order valence-electron chi connectivity index (χ4n) is 2.24. The minimum absolute atomic E-state index is 0.0609. The van der Waals surface area contributed by atoms with Crippen LogP contribution < -0.4 is 5.32 Å². The Morgan fingerprint density at radius 3 is 2.76 bits per heavy atom. The maximum absolute atomic E-state index is 13.9. The summed E-state index contributed by atoms with van der Waals surface area (Å²) in [6.45, 7) is 5.97. The van der Waals surface area contributed by atoms with Gasteiger partial charge in [-0.2, -0.15) is 0 Å². The normalized spacial score (nSPS) is 11.8. The Balaban J connectivity index is 2.00. The van der Waals surface area contributed by atoms with Crippen molar-refractivity contribution in [2.24, 2.45) is 5.41 Å². The van der Waals surface area contributed by atoms with Gasteiger partial charge in [0.05, 0.1) is 0 Å². The molecule has 0 spiro atoms. The Labute approximate surface area is 129 Å². The van der Waals surface area contributed by atoms with Crippen LogP contribution in [0.5, 0.6) is 0 Å². The fraction of sp³-hybridized carbons (Fsp3) is 0.412. The minimum Gasteiger partial charge on any atom is -0.396 e. The quantitative estimate of drug-likeness (QED) is 0.809. The molecule has 0 fully saturated rings. The van der Waals surface area contributed by atoms with E-state index in [9.17, 15) is 4.39 Å². The SMILES string of the molecule is CC(C)(CCO)CNCc1ccc(F)c(-c2cccs2)c1. The first-order valence-electron chi connectivity index (χ1n) is 7.16. The van der Waals surface area contributed by atoms with Gasteiger partial charge >= 0.3 is 0 Å². The van der Waals surface area contributed by atoms with Gasteiger partial charge in [-0.25, -0.2) is 4.39 Å². The maximum Gasteiger partial charge on any atom is 0.131 e. The average Bonchev–Trinajstić information content (AvgIpc) is 2.94. The summed E-state index contributed by atoms with van der Waals surface area (Å²) in [6.07, 6.45) is 0.768. The van der Waals surface area contributed by atoms with E-state index < -0.39 is 0 Å². The molecule has 2 N–H and O–H groups in total. The zero-order chi connectivity index (χ0) is 15.3. The van der Waals surface area contributed by atoms with Crippen molar-refractivity contribution in [1.29, 1.82) is 0 Å². The van der Waals surface area contributed by atoms with Gasteiger partial charge in [-0.3, -0.25) is 0 Å². The highest BCUT2D eigenvalue weighted by atomic mass is 32.1. The zero-order valence-electron chi connectivity index (χ0n) is 12.5. The van der Waals surface area contributed by atoms with Crippen LogP contribution in [0.2, 0.25) is 0 Å². The third-order valence-electron chi connectivity index (χ3n) is 3.54. The molecule has 4 heteroatoms. The molecule has 2 aromatic rings. The predicted octanol–water partition coefficient (Wildman–Crippen LogP) is 4.05. The highest BCUT2D eigenvalue weighted by Gasteiger charge is 2.16. The van der Waals surface area contributed by atoms with E-state index in [-0.39, 0.29) is 17.8 Å². The lowest BCUT2D eigenvalue weighted by Gasteiger charge is -2.24. The summed E-state index contributed by atoms with van der Waals surface area (Å²) in [5.41, 5.74) is 1.80. The summed E-state index contributed by atoms with van der Waals surface area (Å²) < 4.78 is 13.9. The van der Waals surface area contributed by atoms with Gasteiger partial charge in [-0.05, 0) is 41.0 Å². The molecular formula is C17H22FNOS. The topological polar surface area (TPSA) is 32.3 Å². The molecule has 0 radical (unpaired) electrons. The molecule has 114 valence electrons. The molecule has 1 heterocycles. The van der Waals surface area contributed by atoms with Crippen LogP contribution in [-0.4, -0.2) is 18.3 Å². The first kappa shape index (κ1) is 16.1. The molecule has 0 aliphatic heterocycles. The summed E-state index contributed by atoms with van der Waals surface area (Å²) >= 11 is 1.55. The third kappa shape index (κ3) is 4.63. The molecule has 0 amide bonds. The second-order valence-electron chi connectivity index (χ2n) is 6.03. The van der Waals surface area contributed by atoms with Gasteiger partial charge in [0.25, 0.3) is 0 Å². The molecule has 0 aliphatic carbocycles. The summed E-state index contributed by atoms with van der Waals surface area (Å²) in [4.78, 5) is 0.954. The van der Waals surface area contributed by atoms with Crippen molar-refractivity contribution < 1.29 is 9.50 Å².